The van der Waals surface area contributed by atoms with E-state index in [0.717, 1.165) is 11.3 Å². The van der Waals surface area contributed by atoms with Gasteiger partial charge in [-0.05, 0) is 18.2 Å². The molecule has 3 heterocycles. The third-order valence-corrected chi connectivity index (χ3v) is 4.99. The van der Waals surface area contributed by atoms with E-state index in [1.54, 1.807) is 16.7 Å². The summed E-state index contributed by atoms with van der Waals surface area (Å²) < 4.78 is 5.62. The first-order valence-electron chi connectivity index (χ1n) is 5.98. The van der Waals surface area contributed by atoms with Crippen LogP contribution < -0.4 is 0 Å². The number of benzene rings is 1. The van der Waals surface area contributed by atoms with Crippen LogP contribution in [0.2, 0.25) is 0 Å². The van der Waals surface area contributed by atoms with Gasteiger partial charge in [0.2, 0.25) is 5.72 Å². The van der Waals surface area contributed by atoms with E-state index in [1.807, 2.05) is 24.3 Å². The number of ether oxygens (including phenoxy) is 1. The maximum Gasteiger partial charge on any atom is 0.331 e. The summed E-state index contributed by atoms with van der Waals surface area (Å²) >= 11 is 1.74. The molecule has 3 aliphatic rings. The Morgan fingerprint density at radius 1 is 1.33 bits per heavy atom. The van der Waals surface area contributed by atoms with Gasteiger partial charge in [-0.25, -0.2) is 4.79 Å². The van der Waals surface area contributed by atoms with Crippen molar-refractivity contribution in [3.8, 4) is 0 Å². The lowest BCUT2D eigenvalue weighted by atomic mass is 10.0. The van der Waals surface area contributed by atoms with Gasteiger partial charge < -0.3 is 4.74 Å². The number of carbonyl (C=O) groups is 2. The van der Waals surface area contributed by atoms with Gasteiger partial charge in [0.1, 0.15) is 6.04 Å². The zero-order chi connectivity index (χ0) is 12.3. The summed E-state index contributed by atoms with van der Waals surface area (Å²) in [6.45, 7) is 0. The molecule has 4 nitrogen and oxygen atoms in total. The Bertz CT molecular complexity index is 573. The van der Waals surface area contributed by atoms with Gasteiger partial charge in [0.25, 0.3) is 5.91 Å². The molecule has 92 valence electrons. The van der Waals surface area contributed by atoms with Crippen LogP contribution in [0.1, 0.15) is 22.3 Å². The molecule has 5 heteroatoms. The van der Waals surface area contributed by atoms with Crippen LogP contribution in [0.4, 0.5) is 0 Å². The summed E-state index contributed by atoms with van der Waals surface area (Å²) in [4.78, 5) is 26.1. The van der Waals surface area contributed by atoms with E-state index in [-0.39, 0.29) is 11.9 Å². The normalized spacial score (nSPS) is 32.9. The Morgan fingerprint density at radius 2 is 2.17 bits per heavy atom. The predicted molar refractivity (Wildman–Crippen MR) is 66.1 cm³/mol. The third kappa shape index (κ3) is 1.04. The van der Waals surface area contributed by atoms with E-state index in [4.69, 9.17) is 4.74 Å². The second-order valence-corrected chi connectivity index (χ2v) is 5.89. The largest absolute Gasteiger partial charge is 0.432 e. The van der Waals surface area contributed by atoms with Crippen LogP contribution in [0.15, 0.2) is 24.3 Å². The van der Waals surface area contributed by atoms with E-state index in [1.165, 1.54) is 0 Å². The predicted octanol–water partition coefficient (Wildman–Crippen LogP) is 1.36. The first kappa shape index (κ1) is 10.4. The average molecular weight is 261 g/mol. The molecule has 0 aromatic heterocycles. The van der Waals surface area contributed by atoms with Crippen LogP contribution in [0.25, 0.3) is 0 Å². The fourth-order valence-electron chi connectivity index (χ4n) is 3.10. The number of rotatable bonds is 0. The van der Waals surface area contributed by atoms with E-state index < -0.39 is 11.8 Å². The topological polar surface area (TPSA) is 46.6 Å². The Hall–Kier alpha value is -1.49. The summed E-state index contributed by atoms with van der Waals surface area (Å²) in [5.41, 5.74) is 0.689. The first-order valence-corrected chi connectivity index (χ1v) is 7.13. The van der Waals surface area contributed by atoms with Crippen molar-refractivity contribution in [1.29, 1.82) is 0 Å². The molecule has 0 saturated carbocycles. The molecule has 2 fully saturated rings. The minimum absolute atomic E-state index is 0.0658. The number of esters is 1. The number of amides is 1. The van der Waals surface area contributed by atoms with E-state index in [0.29, 0.717) is 17.7 Å². The molecule has 2 bridgehead atoms. The number of thioether (sulfide) groups is 1. The molecule has 0 unspecified atom stereocenters. The highest BCUT2D eigenvalue weighted by Gasteiger charge is 2.62. The smallest absolute Gasteiger partial charge is 0.331 e. The van der Waals surface area contributed by atoms with Crippen LogP contribution in [-0.2, 0) is 15.3 Å². The van der Waals surface area contributed by atoms with Crippen LogP contribution in [-0.4, -0.2) is 34.3 Å². The van der Waals surface area contributed by atoms with Crippen molar-refractivity contribution in [2.24, 2.45) is 0 Å². The summed E-state index contributed by atoms with van der Waals surface area (Å²) in [5, 5.41) is 0. The molecule has 2 saturated heterocycles. The molecule has 1 amide bonds. The monoisotopic (exact) mass is 261 g/mol. The summed E-state index contributed by atoms with van der Waals surface area (Å²) in [6.07, 6.45) is 0.685. The van der Waals surface area contributed by atoms with Gasteiger partial charge in [-0.1, -0.05) is 18.2 Å². The third-order valence-electron chi connectivity index (χ3n) is 3.87. The van der Waals surface area contributed by atoms with E-state index in [2.05, 4.69) is 0 Å². The second kappa shape index (κ2) is 3.29. The van der Waals surface area contributed by atoms with Crippen molar-refractivity contribution in [1.82, 2.24) is 4.90 Å². The lowest BCUT2D eigenvalue weighted by Crippen LogP contribution is -2.44. The fraction of sp³-hybridized carbons (Fsp3) is 0.385. The van der Waals surface area contributed by atoms with Gasteiger partial charge in [-0.15, -0.1) is 0 Å². The number of fused-ring (bicyclic) bond motifs is 1. The highest BCUT2D eigenvalue weighted by molar-refractivity contribution is 7.99. The molecule has 2 atom stereocenters. The molecular weight excluding hydrogens is 250 g/mol. The van der Waals surface area contributed by atoms with Gasteiger partial charge in [0.15, 0.2) is 0 Å². The van der Waals surface area contributed by atoms with Crippen LogP contribution in [0, 0.1) is 0 Å². The summed E-state index contributed by atoms with van der Waals surface area (Å²) in [7, 11) is 0. The Morgan fingerprint density at radius 3 is 3.06 bits per heavy atom. The quantitative estimate of drug-likeness (QED) is 0.662. The molecule has 0 N–H and O–H groups in total. The van der Waals surface area contributed by atoms with E-state index in [9.17, 15) is 9.59 Å². The maximum atomic E-state index is 12.5. The van der Waals surface area contributed by atoms with Crippen LogP contribution in [0.3, 0.4) is 0 Å². The molecule has 18 heavy (non-hydrogen) atoms. The number of nitrogens with zero attached hydrogens (tertiary/aromatic N) is 1. The molecule has 4 rings (SSSR count). The number of hydrogen-bond donors (Lipinski definition) is 0. The highest BCUT2D eigenvalue weighted by Crippen LogP contribution is 2.50. The SMILES string of the molecule is O=C1O[C@@]23CSCC[C@@H]1N2C(=O)c1ccccc13. The molecule has 0 aliphatic carbocycles. The van der Waals surface area contributed by atoms with Crippen molar-refractivity contribution >= 4 is 23.6 Å². The molecule has 1 aromatic carbocycles. The van der Waals surface area contributed by atoms with Gasteiger partial charge >= 0.3 is 5.97 Å². The van der Waals surface area contributed by atoms with Crippen molar-refractivity contribution in [2.75, 3.05) is 11.5 Å². The number of hydrogen-bond acceptors (Lipinski definition) is 4. The Kier molecular flexibility index (Phi) is 1.91. The van der Waals surface area contributed by atoms with Crippen molar-refractivity contribution in [3.63, 3.8) is 0 Å². The first-order chi connectivity index (χ1) is 8.74. The van der Waals surface area contributed by atoms with Crippen molar-refractivity contribution < 1.29 is 14.3 Å². The van der Waals surface area contributed by atoms with Crippen LogP contribution in [0.5, 0.6) is 0 Å². The lowest BCUT2D eigenvalue weighted by molar-refractivity contribution is -0.150. The zero-order valence-electron chi connectivity index (χ0n) is 9.59. The Balaban J connectivity index is 1.99. The second-order valence-electron chi connectivity index (χ2n) is 4.78. The number of carbonyl (C=O) groups excluding carboxylic acids is 2. The summed E-state index contributed by atoms with van der Waals surface area (Å²) in [6, 6.07) is 7.05. The van der Waals surface area contributed by atoms with Crippen molar-refractivity contribution in [2.45, 2.75) is 18.2 Å². The molecule has 0 radical (unpaired) electrons. The molecular formula is C13H11NO3S. The molecule has 1 aromatic rings. The minimum atomic E-state index is -0.837. The highest BCUT2D eigenvalue weighted by atomic mass is 32.2. The maximum absolute atomic E-state index is 12.5. The standard InChI is InChI=1S/C13H11NO3S/c15-11-8-3-1-2-4-9(8)13-7-18-6-5-10(14(11)13)12(16)17-13/h1-4,10H,5-7H2/t10-,13+/m0/s1. The zero-order valence-corrected chi connectivity index (χ0v) is 10.4. The molecule has 0 spiro atoms. The average Bonchev–Trinajstić information content (AvgIpc) is 2.68. The Labute approximate surface area is 108 Å². The minimum Gasteiger partial charge on any atom is -0.432 e. The fourth-order valence-corrected chi connectivity index (χ4v) is 4.26. The van der Waals surface area contributed by atoms with E-state index >= 15 is 0 Å². The van der Waals surface area contributed by atoms with Gasteiger partial charge in [0, 0.05) is 11.1 Å². The lowest BCUT2D eigenvalue weighted by Gasteiger charge is -2.29. The molecule has 3 aliphatic heterocycles. The van der Waals surface area contributed by atoms with Crippen LogP contribution >= 0.6 is 11.8 Å². The van der Waals surface area contributed by atoms with Gasteiger partial charge in [-0.2, -0.15) is 11.8 Å². The van der Waals surface area contributed by atoms with Crippen molar-refractivity contribution in [3.05, 3.63) is 35.4 Å². The van der Waals surface area contributed by atoms with Gasteiger partial charge in [0.05, 0.1) is 5.75 Å². The van der Waals surface area contributed by atoms with Gasteiger partial charge in [-0.3, -0.25) is 9.69 Å². The summed E-state index contributed by atoms with van der Waals surface area (Å²) in [5.74, 6) is 1.22.